The van der Waals surface area contributed by atoms with Crippen molar-refractivity contribution in [1.29, 1.82) is 0 Å². The summed E-state index contributed by atoms with van der Waals surface area (Å²) < 4.78 is 6.80. The second kappa shape index (κ2) is 7.86. The molecule has 1 saturated heterocycles. The van der Waals surface area contributed by atoms with Gasteiger partial charge in [0.25, 0.3) is 0 Å². The van der Waals surface area contributed by atoms with Crippen molar-refractivity contribution < 1.29 is 14.3 Å². The second-order valence-corrected chi connectivity index (χ2v) is 7.05. The molecule has 29 heavy (non-hydrogen) atoms. The minimum Gasteiger partial charge on any atom is -0.497 e. The summed E-state index contributed by atoms with van der Waals surface area (Å²) in [6, 6.07) is 9.52. The van der Waals surface area contributed by atoms with Crippen molar-refractivity contribution in [1.82, 2.24) is 29.8 Å². The Balaban J connectivity index is 1.38. The number of rotatable bonds is 6. The van der Waals surface area contributed by atoms with E-state index in [1.54, 1.807) is 29.9 Å². The fraction of sp³-hybridized carbons (Fsp3) is 0.350. The van der Waals surface area contributed by atoms with E-state index in [0.717, 1.165) is 17.0 Å². The zero-order chi connectivity index (χ0) is 20.4. The molecule has 9 nitrogen and oxygen atoms in total. The van der Waals surface area contributed by atoms with Gasteiger partial charge in [0.1, 0.15) is 12.1 Å². The Bertz CT molecular complexity index is 1050. The summed E-state index contributed by atoms with van der Waals surface area (Å²) in [6.07, 6.45) is 2.40. The minimum atomic E-state index is -0.280. The SMILES string of the molecule is COc1ccc(-c2cc3nc(CCNC(=O)[C@H]4CC(=O)N(C)C4)nn3cn2)cc1. The molecule has 1 aliphatic rings. The number of carbonyl (C=O) groups excluding carboxylic acids is 2. The van der Waals surface area contributed by atoms with Crippen LogP contribution in [-0.2, 0) is 16.0 Å². The monoisotopic (exact) mass is 394 g/mol. The highest BCUT2D eigenvalue weighted by Gasteiger charge is 2.31. The number of methoxy groups -OCH3 is 1. The summed E-state index contributed by atoms with van der Waals surface area (Å²) in [5.41, 5.74) is 2.44. The van der Waals surface area contributed by atoms with E-state index in [-0.39, 0.29) is 24.2 Å². The summed E-state index contributed by atoms with van der Waals surface area (Å²) in [4.78, 5) is 34.3. The number of nitrogens with one attached hydrogen (secondary N) is 1. The predicted molar refractivity (Wildman–Crippen MR) is 105 cm³/mol. The van der Waals surface area contributed by atoms with E-state index in [9.17, 15) is 9.59 Å². The molecule has 0 bridgehead atoms. The van der Waals surface area contributed by atoms with Crippen LogP contribution >= 0.6 is 0 Å². The number of ether oxygens (including phenoxy) is 1. The lowest BCUT2D eigenvalue weighted by Gasteiger charge is -2.10. The Hall–Kier alpha value is -3.49. The van der Waals surface area contributed by atoms with Gasteiger partial charge in [0.15, 0.2) is 11.5 Å². The van der Waals surface area contributed by atoms with Gasteiger partial charge in [-0.1, -0.05) is 0 Å². The molecule has 0 radical (unpaired) electrons. The van der Waals surface area contributed by atoms with Gasteiger partial charge in [0, 0.05) is 44.6 Å². The largest absolute Gasteiger partial charge is 0.497 e. The maximum Gasteiger partial charge on any atom is 0.225 e. The zero-order valence-electron chi connectivity index (χ0n) is 16.3. The molecule has 150 valence electrons. The topological polar surface area (TPSA) is 102 Å². The van der Waals surface area contributed by atoms with E-state index in [1.165, 1.54) is 0 Å². The standard InChI is InChI=1S/C20H22N6O3/c1-25-11-14(9-19(25)27)20(28)21-8-7-17-23-18-10-16(22-12-26(18)24-17)13-3-5-15(29-2)6-4-13/h3-6,10,12,14H,7-9,11H2,1-2H3,(H,21,28)/t14-/m0/s1. The number of hydrogen-bond donors (Lipinski definition) is 1. The fourth-order valence-corrected chi connectivity index (χ4v) is 3.35. The van der Waals surface area contributed by atoms with Crippen LogP contribution in [0.4, 0.5) is 0 Å². The van der Waals surface area contributed by atoms with E-state index < -0.39 is 0 Å². The van der Waals surface area contributed by atoms with Gasteiger partial charge in [-0.15, -0.1) is 5.10 Å². The zero-order valence-corrected chi connectivity index (χ0v) is 16.3. The van der Waals surface area contributed by atoms with Crippen LogP contribution in [0.1, 0.15) is 12.2 Å². The smallest absolute Gasteiger partial charge is 0.225 e. The van der Waals surface area contributed by atoms with Crippen molar-refractivity contribution >= 4 is 17.5 Å². The van der Waals surface area contributed by atoms with Crippen molar-refractivity contribution in [2.45, 2.75) is 12.8 Å². The lowest BCUT2D eigenvalue weighted by atomic mass is 10.1. The fourth-order valence-electron chi connectivity index (χ4n) is 3.35. The van der Waals surface area contributed by atoms with Gasteiger partial charge in [0.2, 0.25) is 11.8 Å². The second-order valence-electron chi connectivity index (χ2n) is 7.05. The average molecular weight is 394 g/mol. The molecule has 2 aromatic heterocycles. The highest BCUT2D eigenvalue weighted by Crippen LogP contribution is 2.21. The molecule has 2 amide bonds. The number of nitrogens with zero attached hydrogens (tertiary/aromatic N) is 5. The normalized spacial score (nSPS) is 16.4. The average Bonchev–Trinajstić information content (AvgIpc) is 3.30. The maximum atomic E-state index is 12.2. The van der Waals surface area contributed by atoms with Crippen molar-refractivity contribution in [2.75, 3.05) is 27.2 Å². The Kier molecular flexibility index (Phi) is 5.11. The summed E-state index contributed by atoms with van der Waals surface area (Å²) in [5.74, 6) is 1.04. The summed E-state index contributed by atoms with van der Waals surface area (Å²) in [6.45, 7) is 0.889. The van der Waals surface area contributed by atoms with E-state index in [2.05, 4.69) is 20.4 Å². The molecule has 3 aromatic rings. The third kappa shape index (κ3) is 4.03. The molecular formula is C20H22N6O3. The van der Waals surface area contributed by atoms with E-state index in [4.69, 9.17) is 4.74 Å². The first-order chi connectivity index (χ1) is 14.0. The lowest BCUT2D eigenvalue weighted by Crippen LogP contribution is -2.33. The first-order valence-corrected chi connectivity index (χ1v) is 9.41. The number of carbonyl (C=O) groups is 2. The third-order valence-electron chi connectivity index (χ3n) is 5.02. The first kappa shape index (κ1) is 18.9. The van der Waals surface area contributed by atoms with Gasteiger partial charge < -0.3 is 15.0 Å². The lowest BCUT2D eigenvalue weighted by molar-refractivity contribution is -0.128. The van der Waals surface area contributed by atoms with Gasteiger partial charge in [-0.25, -0.2) is 14.5 Å². The number of likely N-dealkylation sites (tertiary alicyclic amines) is 1. The number of amides is 2. The molecule has 4 rings (SSSR count). The molecule has 1 N–H and O–H groups in total. The van der Waals surface area contributed by atoms with Crippen molar-refractivity contribution in [3.8, 4) is 17.0 Å². The number of fused-ring (bicyclic) bond motifs is 1. The van der Waals surface area contributed by atoms with Crippen LogP contribution in [0, 0.1) is 5.92 Å². The van der Waals surface area contributed by atoms with Gasteiger partial charge in [-0.2, -0.15) is 0 Å². The van der Waals surface area contributed by atoms with Crippen LogP contribution in [0.3, 0.4) is 0 Å². The molecule has 1 atom stereocenters. The summed E-state index contributed by atoms with van der Waals surface area (Å²) >= 11 is 0. The molecule has 0 aliphatic carbocycles. The third-order valence-corrected chi connectivity index (χ3v) is 5.02. The molecule has 1 fully saturated rings. The van der Waals surface area contributed by atoms with E-state index >= 15 is 0 Å². The van der Waals surface area contributed by atoms with Crippen LogP contribution in [-0.4, -0.2) is 63.5 Å². The number of hydrogen-bond acceptors (Lipinski definition) is 6. The van der Waals surface area contributed by atoms with Crippen LogP contribution in [0.2, 0.25) is 0 Å². The molecular weight excluding hydrogens is 372 g/mol. The van der Waals surface area contributed by atoms with Gasteiger partial charge in [0.05, 0.1) is 18.7 Å². The number of aromatic nitrogens is 4. The number of benzene rings is 1. The molecule has 1 aromatic carbocycles. The molecule has 0 spiro atoms. The predicted octanol–water partition coefficient (Wildman–Crippen LogP) is 0.937. The van der Waals surface area contributed by atoms with Crippen LogP contribution in [0.15, 0.2) is 36.7 Å². The van der Waals surface area contributed by atoms with E-state index in [0.29, 0.717) is 31.0 Å². The maximum absolute atomic E-state index is 12.2. The quantitative estimate of drug-likeness (QED) is 0.668. The molecule has 3 heterocycles. The van der Waals surface area contributed by atoms with Gasteiger partial charge in [-0.05, 0) is 24.3 Å². The van der Waals surface area contributed by atoms with Crippen LogP contribution < -0.4 is 10.1 Å². The highest BCUT2D eigenvalue weighted by molar-refractivity contribution is 5.89. The Morgan fingerprint density at radius 1 is 1.31 bits per heavy atom. The highest BCUT2D eigenvalue weighted by atomic mass is 16.5. The van der Waals surface area contributed by atoms with Gasteiger partial charge in [-0.3, -0.25) is 9.59 Å². The first-order valence-electron chi connectivity index (χ1n) is 9.41. The van der Waals surface area contributed by atoms with Crippen molar-refractivity contribution in [3.05, 3.63) is 42.5 Å². The van der Waals surface area contributed by atoms with Crippen molar-refractivity contribution in [3.63, 3.8) is 0 Å². The molecule has 9 heteroatoms. The Labute approximate surface area is 167 Å². The van der Waals surface area contributed by atoms with Crippen LogP contribution in [0.5, 0.6) is 5.75 Å². The molecule has 1 aliphatic heterocycles. The van der Waals surface area contributed by atoms with E-state index in [1.807, 2.05) is 30.3 Å². The summed E-state index contributed by atoms with van der Waals surface area (Å²) in [7, 11) is 3.34. The Morgan fingerprint density at radius 3 is 2.79 bits per heavy atom. The Morgan fingerprint density at radius 2 is 2.10 bits per heavy atom. The minimum absolute atomic E-state index is 0.00679. The summed E-state index contributed by atoms with van der Waals surface area (Å²) in [5, 5.41) is 7.27. The van der Waals surface area contributed by atoms with Crippen LogP contribution in [0.25, 0.3) is 16.9 Å². The molecule has 0 saturated carbocycles. The van der Waals surface area contributed by atoms with Gasteiger partial charge >= 0.3 is 0 Å². The molecule has 0 unspecified atom stereocenters. The van der Waals surface area contributed by atoms with Crippen molar-refractivity contribution in [2.24, 2.45) is 5.92 Å².